The summed E-state index contributed by atoms with van der Waals surface area (Å²) >= 11 is 0. The zero-order chi connectivity index (χ0) is 14.5. The van der Waals surface area contributed by atoms with Gasteiger partial charge in [-0.05, 0) is 38.5 Å². The molecule has 0 aromatic heterocycles. The van der Waals surface area contributed by atoms with Gasteiger partial charge in [0.05, 0.1) is 19.8 Å². The van der Waals surface area contributed by atoms with Crippen molar-refractivity contribution in [3.05, 3.63) is 23.8 Å². The Bertz CT molecular complexity index is 442. The quantitative estimate of drug-likeness (QED) is 0.711. The molecule has 0 spiro atoms. The van der Waals surface area contributed by atoms with Gasteiger partial charge >= 0.3 is 0 Å². The summed E-state index contributed by atoms with van der Waals surface area (Å²) in [5.41, 5.74) is -0.353. The molecule has 0 saturated carbocycles. The number of hydrogen-bond acceptors (Lipinski definition) is 4. The van der Waals surface area contributed by atoms with Crippen LogP contribution in [0.3, 0.4) is 0 Å². The maximum atomic E-state index is 12.7. The molecular weight excluding hydrogens is 244 g/mol. The lowest BCUT2D eigenvalue weighted by atomic mass is 9.91. The Kier molecular flexibility index (Phi) is 5.36. The van der Waals surface area contributed by atoms with Gasteiger partial charge in [0, 0.05) is 6.61 Å². The van der Waals surface area contributed by atoms with Crippen LogP contribution in [0.4, 0.5) is 0 Å². The van der Waals surface area contributed by atoms with Crippen LogP contribution in [0.25, 0.3) is 0 Å². The van der Waals surface area contributed by atoms with Crippen molar-refractivity contribution in [3.8, 4) is 11.5 Å². The molecule has 0 radical (unpaired) electrons. The van der Waals surface area contributed by atoms with E-state index in [0.29, 0.717) is 30.1 Å². The zero-order valence-corrected chi connectivity index (χ0v) is 12.3. The van der Waals surface area contributed by atoms with Crippen molar-refractivity contribution in [3.63, 3.8) is 0 Å². The number of methoxy groups -OCH3 is 2. The van der Waals surface area contributed by atoms with E-state index in [1.54, 1.807) is 39.3 Å². The molecule has 1 atom stereocenters. The molecule has 0 N–H and O–H groups in total. The van der Waals surface area contributed by atoms with Crippen molar-refractivity contribution in [2.24, 2.45) is 0 Å². The molecule has 1 aromatic carbocycles. The van der Waals surface area contributed by atoms with E-state index >= 15 is 0 Å². The standard InChI is InChI=1S/C15H22O4/c1-6-15(3,19-7-2)14(16)12-10-11(17-4)8-9-13(12)18-5/h8-10H,6-7H2,1-5H3. The number of rotatable bonds is 7. The highest BCUT2D eigenvalue weighted by atomic mass is 16.5. The van der Waals surface area contributed by atoms with Gasteiger partial charge in [-0.2, -0.15) is 0 Å². The number of carbonyl (C=O) groups is 1. The summed E-state index contributed by atoms with van der Waals surface area (Å²) in [6.45, 7) is 6.10. The van der Waals surface area contributed by atoms with Crippen molar-refractivity contribution >= 4 is 5.78 Å². The molecule has 4 heteroatoms. The van der Waals surface area contributed by atoms with Crippen LogP contribution in [-0.2, 0) is 4.74 Å². The fourth-order valence-electron chi connectivity index (χ4n) is 1.92. The number of ketones is 1. The van der Waals surface area contributed by atoms with Gasteiger partial charge < -0.3 is 14.2 Å². The minimum atomic E-state index is -0.839. The SMILES string of the molecule is CCOC(C)(CC)C(=O)c1cc(OC)ccc1OC. The molecule has 0 aliphatic rings. The Morgan fingerprint density at radius 3 is 2.37 bits per heavy atom. The van der Waals surface area contributed by atoms with Gasteiger partial charge in [-0.1, -0.05) is 6.92 Å². The summed E-state index contributed by atoms with van der Waals surface area (Å²) in [5.74, 6) is 1.07. The number of hydrogen-bond donors (Lipinski definition) is 0. The molecule has 0 amide bonds. The minimum Gasteiger partial charge on any atom is -0.497 e. The third-order valence-corrected chi connectivity index (χ3v) is 3.27. The van der Waals surface area contributed by atoms with Crippen LogP contribution in [0, 0.1) is 0 Å². The van der Waals surface area contributed by atoms with E-state index < -0.39 is 5.60 Å². The molecule has 106 valence electrons. The van der Waals surface area contributed by atoms with Crippen LogP contribution in [0.15, 0.2) is 18.2 Å². The van der Waals surface area contributed by atoms with E-state index in [0.717, 1.165) is 0 Å². The van der Waals surface area contributed by atoms with Gasteiger partial charge in [-0.25, -0.2) is 0 Å². The largest absolute Gasteiger partial charge is 0.497 e. The van der Waals surface area contributed by atoms with Crippen molar-refractivity contribution < 1.29 is 19.0 Å². The number of ether oxygens (including phenoxy) is 3. The van der Waals surface area contributed by atoms with E-state index in [1.165, 1.54) is 0 Å². The molecule has 0 aliphatic carbocycles. The summed E-state index contributed by atoms with van der Waals surface area (Å²) in [5, 5.41) is 0. The van der Waals surface area contributed by atoms with Gasteiger partial charge in [0.15, 0.2) is 5.78 Å². The van der Waals surface area contributed by atoms with Gasteiger partial charge in [0.1, 0.15) is 17.1 Å². The molecule has 19 heavy (non-hydrogen) atoms. The molecule has 0 saturated heterocycles. The fraction of sp³-hybridized carbons (Fsp3) is 0.533. The average Bonchev–Trinajstić information content (AvgIpc) is 2.45. The first-order valence-corrected chi connectivity index (χ1v) is 6.43. The highest BCUT2D eigenvalue weighted by molar-refractivity contribution is 6.04. The second-order valence-electron chi connectivity index (χ2n) is 4.41. The lowest BCUT2D eigenvalue weighted by Gasteiger charge is -2.27. The molecule has 1 unspecified atom stereocenters. The Hall–Kier alpha value is -1.55. The maximum absolute atomic E-state index is 12.7. The Morgan fingerprint density at radius 2 is 1.89 bits per heavy atom. The first-order chi connectivity index (χ1) is 9.02. The lowest BCUT2D eigenvalue weighted by Crippen LogP contribution is -2.38. The van der Waals surface area contributed by atoms with Gasteiger partial charge in [0.2, 0.25) is 0 Å². The van der Waals surface area contributed by atoms with Crippen LogP contribution in [0.2, 0.25) is 0 Å². The summed E-state index contributed by atoms with van der Waals surface area (Å²) in [6, 6.07) is 5.18. The topological polar surface area (TPSA) is 44.8 Å². The normalized spacial score (nSPS) is 13.7. The zero-order valence-electron chi connectivity index (χ0n) is 12.3. The number of benzene rings is 1. The third kappa shape index (κ3) is 3.26. The lowest BCUT2D eigenvalue weighted by molar-refractivity contribution is -0.0117. The molecular formula is C15H22O4. The molecule has 1 rings (SSSR count). The van der Waals surface area contributed by atoms with E-state index in [1.807, 2.05) is 13.8 Å². The second kappa shape index (κ2) is 6.57. The van der Waals surface area contributed by atoms with E-state index in [4.69, 9.17) is 14.2 Å². The summed E-state index contributed by atoms with van der Waals surface area (Å²) < 4.78 is 16.0. The van der Waals surface area contributed by atoms with E-state index in [-0.39, 0.29) is 5.78 Å². The van der Waals surface area contributed by atoms with Gasteiger partial charge in [0.25, 0.3) is 0 Å². The molecule has 4 nitrogen and oxygen atoms in total. The first-order valence-electron chi connectivity index (χ1n) is 6.43. The Labute approximate surface area is 114 Å². The van der Waals surface area contributed by atoms with Crippen LogP contribution in [0.1, 0.15) is 37.6 Å². The van der Waals surface area contributed by atoms with Crippen molar-refractivity contribution in [1.82, 2.24) is 0 Å². The monoisotopic (exact) mass is 266 g/mol. The van der Waals surface area contributed by atoms with Gasteiger partial charge in [-0.15, -0.1) is 0 Å². The summed E-state index contributed by atoms with van der Waals surface area (Å²) in [7, 11) is 3.11. The molecule has 0 aliphatic heterocycles. The summed E-state index contributed by atoms with van der Waals surface area (Å²) in [6.07, 6.45) is 0.597. The van der Waals surface area contributed by atoms with E-state index in [2.05, 4.69) is 0 Å². The molecule has 0 heterocycles. The smallest absolute Gasteiger partial charge is 0.198 e. The van der Waals surface area contributed by atoms with Crippen LogP contribution in [-0.4, -0.2) is 32.2 Å². The van der Waals surface area contributed by atoms with Crippen molar-refractivity contribution in [2.45, 2.75) is 32.8 Å². The predicted octanol–water partition coefficient (Wildman–Crippen LogP) is 3.09. The molecule has 0 fully saturated rings. The van der Waals surface area contributed by atoms with Gasteiger partial charge in [-0.3, -0.25) is 4.79 Å². The van der Waals surface area contributed by atoms with Crippen LogP contribution >= 0.6 is 0 Å². The van der Waals surface area contributed by atoms with Crippen LogP contribution in [0.5, 0.6) is 11.5 Å². The van der Waals surface area contributed by atoms with Crippen molar-refractivity contribution in [1.29, 1.82) is 0 Å². The number of carbonyl (C=O) groups excluding carboxylic acids is 1. The minimum absolute atomic E-state index is 0.0902. The van der Waals surface area contributed by atoms with E-state index in [9.17, 15) is 4.79 Å². The molecule has 0 bridgehead atoms. The third-order valence-electron chi connectivity index (χ3n) is 3.27. The fourth-order valence-corrected chi connectivity index (χ4v) is 1.92. The second-order valence-corrected chi connectivity index (χ2v) is 4.41. The predicted molar refractivity (Wildman–Crippen MR) is 74.2 cm³/mol. The average molecular weight is 266 g/mol. The Morgan fingerprint density at radius 1 is 1.21 bits per heavy atom. The Balaban J connectivity index is 3.22. The van der Waals surface area contributed by atoms with Crippen LogP contribution < -0.4 is 9.47 Å². The first kappa shape index (κ1) is 15.5. The summed E-state index contributed by atoms with van der Waals surface area (Å²) in [4.78, 5) is 12.7. The molecule has 1 aromatic rings. The highest BCUT2D eigenvalue weighted by Crippen LogP contribution is 2.30. The maximum Gasteiger partial charge on any atom is 0.198 e. The van der Waals surface area contributed by atoms with Crippen molar-refractivity contribution in [2.75, 3.05) is 20.8 Å². The highest BCUT2D eigenvalue weighted by Gasteiger charge is 2.34. The number of Topliss-reactive ketones (excluding diaryl/α,β-unsaturated/α-hetero) is 1.